The van der Waals surface area contributed by atoms with Crippen molar-refractivity contribution in [1.82, 2.24) is 0 Å². The smallest absolute Gasteiger partial charge is 0.349 e. The number of hydrogen-bond acceptors (Lipinski definition) is 3. The van der Waals surface area contributed by atoms with Gasteiger partial charge in [-0.15, -0.1) is 0 Å². The van der Waals surface area contributed by atoms with Crippen LogP contribution in [0.3, 0.4) is 0 Å². The Kier molecular flexibility index (Phi) is 5.67. The first-order valence-electron chi connectivity index (χ1n) is 6.00. The lowest BCUT2D eigenvalue weighted by atomic mass is 10.2. The van der Waals surface area contributed by atoms with E-state index in [1.807, 2.05) is 25.1 Å². The lowest BCUT2D eigenvalue weighted by Gasteiger charge is -2.10. The third-order valence-corrected chi connectivity index (χ3v) is 3.85. The molecule has 0 aliphatic carbocycles. The Balaban J connectivity index is 1.97. The van der Waals surface area contributed by atoms with Gasteiger partial charge >= 0.3 is 5.97 Å². The summed E-state index contributed by atoms with van der Waals surface area (Å²) >= 11 is 12.7. The van der Waals surface area contributed by atoms with E-state index in [0.717, 1.165) is 14.5 Å². The molecule has 0 aliphatic heterocycles. The van der Waals surface area contributed by atoms with Crippen molar-refractivity contribution < 1.29 is 14.3 Å². The molecule has 0 saturated carbocycles. The minimum Gasteiger partial charge on any atom is -0.482 e. The van der Waals surface area contributed by atoms with Gasteiger partial charge < -0.3 is 9.47 Å². The highest BCUT2D eigenvalue weighted by Crippen LogP contribution is 2.32. The molecule has 2 aromatic carbocycles. The second kappa shape index (κ2) is 7.29. The Hall–Kier alpha value is -1.04. The van der Waals surface area contributed by atoms with E-state index in [-0.39, 0.29) is 6.61 Å². The largest absolute Gasteiger partial charge is 0.482 e. The number of carbonyl (C=O) groups excluding carboxylic acids is 1. The quantitative estimate of drug-likeness (QED) is 0.493. The predicted octanol–water partition coefficient (Wildman–Crippen LogP) is 5.16. The summed E-state index contributed by atoms with van der Waals surface area (Å²) < 4.78 is 12.4. The van der Waals surface area contributed by atoms with Crippen LogP contribution in [0.15, 0.2) is 45.3 Å². The van der Waals surface area contributed by atoms with Gasteiger partial charge in [-0.25, -0.2) is 4.79 Å². The summed E-state index contributed by atoms with van der Waals surface area (Å²) in [4.78, 5) is 11.8. The molecule has 6 heteroatoms. The first kappa shape index (κ1) is 16.3. The zero-order valence-electron chi connectivity index (χ0n) is 11.0. The number of halogens is 3. The molecule has 0 atom stereocenters. The van der Waals surface area contributed by atoms with E-state index in [2.05, 4.69) is 31.9 Å². The van der Waals surface area contributed by atoms with Gasteiger partial charge in [0.1, 0.15) is 5.75 Å². The topological polar surface area (TPSA) is 35.5 Å². The zero-order valence-corrected chi connectivity index (χ0v) is 15.0. The van der Waals surface area contributed by atoms with Crippen LogP contribution in [-0.2, 0) is 4.79 Å². The first-order chi connectivity index (χ1) is 9.95. The van der Waals surface area contributed by atoms with Crippen molar-refractivity contribution in [2.24, 2.45) is 0 Å². The standard InChI is InChI=1S/C15H11Br2ClO3/c1-9-6-11(17)7-13(18)15(9)21-14(19)8-20-12-4-2-10(16)3-5-12/h2-7H,8H2,1H3. The highest BCUT2D eigenvalue weighted by molar-refractivity contribution is 9.10. The van der Waals surface area contributed by atoms with Crippen LogP contribution in [0.5, 0.6) is 11.5 Å². The molecule has 3 nitrogen and oxygen atoms in total. The third-order valence-electron chi connectivity index (χ3n) is 2.58. The van der Waals surface area contributed by atoms with Crippen molar-refractivity contribution in [3.63, 3.8) is 0 Å². The maximum atomic E-state index is 11.8. The van der Waals surface area contributed by atoms with Crippen LogP contribution in [0.1, 0.15) is 5.56 Å². The van der Waals surface area contributed by atoms with E-state index in [9.17, 15) is 4.79 Å². The van der Waals surface area contributed by atoms with Gasteiger partial charge in [-0.05, 0) is 48.9 Å². The van der Waals surface area contributed by atoms with Gasteiger partial charge in [0, 0.05) is 8.95 Å². The molecule has 0 radical (unpaired) electrons. The Morgan fingerprint density at radius 2 is 1.81 bits per heavy atom. The molecule has 0 aliphatic rings. The van der Waals surface area contributed by atoms with E-state index >= 15 is 0 Å². The zero-order chi connectivity index (χ0) is 15.4. The predicted molar refractivity (Wildman–Crippen MR) is 89.2 cm³/mol. The van der Waals surface area contributed by atoms with Crippen molar-refractivity contribution >= 4 is 49.4 Å². The van der Waals surface area contributed by atoms with Gasteiger partial charge in [0.2, 0.25) is 0 Å². The summed E-state index contributed by atoms with van der Waals surface area (Å²) in [5.74, 6) is 0.434. The van der Waals surface area contributed by atoms with E-state index in [0.29, 0.717) is 16.5 Å². The van der Waals surface area contributed by atoms with Gasteiger partial charge in [0.15, 0.2) is 12.4 Å². The highest BCUT2D eigenvalue weighted by Gasteiger charge is 2.13. The van der Waals surface area contributed by atoms with Gasteiger partial charge in [-0.3, -0.25) is 0 Å². The molecule has 21 heavy (non-hydrogen) atoms. The monoisotopic (exact) mass is 432 g/mol. The minimum absolute atomic E-state index is 0.187. The molecule has 0 saturated heterocycles. The molecule has 0 aromatic heterocycles. The fourth-order valence-corrected chi connectivity index (χ4v) is 2.91. The number of ether oxygens (including phenoxy) is 2. The van der Waals surface area contributed by atoms with E-state index in [1.165, 1.54) is 0 Å². The minimum atomic E-state index is -0.509. The Labute approximate surface area is 144 Å². The number of benzene rings is 2. The molecular formula is C15H11Br2ClO3. The van der Waals surface area contributed by atoms with Crippen molar-refractivity contribution in [3.05, 3.63) is 55.9 Å². The van der Waals surface area contributed by atoms with Crippen molar-refractivity contribution in [2.75, 3.05) is 6.61 Å². The van der Waals surface area contributed by atoms with Crippen molar-refractivity contribution in [3.8, 4) is 11.5 Å². The van der Waals surface area contributed by atoms with E-state index in [4.69, 9.17) is 21.1 Å². The van der Waals surface area contributed by atoms with Gasteiger partial charge in [0.05, 0.1) is 5.02 Å². The maximum Gasteiger partial charge on any atom is 0.349 e. The molecule has 0 fully saturated rings. The summed E-state index contributed by atoms with van der Waals surface area (Å²) in [5.41, 5.74) is 0.770. The van der Waals surface area contributed by atoms with Gasteiger partial charge in [-0.2, -0.15) is 0 Å². The lowest BCUT2D eigenvalue weighted by molar-refractivity contribution is -0.136. The van der Waals surface area contributed by atoms with Crippen LogP contribution in [0, 0.1) is 6.92 Å². The Morgan fingerprint density at radius 3 is 2.43 bits per heavy atom. The molecule has 0 amide bonds. The summed E-state index contributed by atoms with van der Waals surface area (Å²) in [6.07, 6.45) is 0. The number of esters is 1. The molecule has 0 N–H and O–H groups in total. The molecular weight excluding hydrogens is 423 g/mol. The van der Waals surface area contributed by atoms with Crippen LogP contribution >= 0.6 is 43.5 Å². The van der Waals surface area contributed by atoms with Crippen LogP contribution < -0.4 is 9.47 Å². The summed E-state index contributed by atoms with van der Waals surface area (Å²) in [6.45, 7) is 1.63. The van der Waals surface area contributed by atoms with E-state index < -0.39 is 5.97 Å². The number of hydrogen-bond donors (Lipinski definition) is 0. The fraction of sp³-hybridized carbons (Fsp3) is 0.133. The van der Waals surface area contributed by atoms with Gasteiger partial charge in [0.25, 0.3) is 0 Å². The number of rotatable bonds is 4. The average Bonchev–Trinajstić information content (AvgIpc) is 2.42. The van der Waals surface area contributed by atoms with Crippen LogP contribution in [0.4, 0.5) is 0 Å². The number of aryl methyl sites for hydroxylation is 1. The normalized spacial score (nSPS) is 10.3. The third kappa shape index (κ3) is 4.73. The molecule has 2 aromatic rings. The van der Waals surface area contributed by atoms with Crippen LogP contribution in [-0.4, -0.2) is 12.6 Å². The molecule has 2 rings (SSSR count). The highest BCUT2D eigenvalue weighted by atomic mass is 79.9. The SMILES string of the molecule is Cc1cc(Br)cc(Cl)c1OC(=O)COc1ccc(Br)cc1. The second-order valence-corrected chi connectivity index (χ2v) is 6.49. The lowest BCUT2D eigenvalue weighted by Crippen LogP contribution is -2.18. The molecule has 0 heterocycles. The number of carbonyl (C=O) groups is 1. The van der Waals surface area contributed by atoms with Crippen LogP contribution in [0.25, 0.3) is 0 Å². The van der Waals surface area contributed by atoms with Gasteiger partial charge in [-0.1, -0.05) is 43.5 Å². The van der Waals surface area contributed by atoms with Crippen molar-refractivity contribution in [2.45, 2.75) is 6.92 Å². The Morgan fingerprint density at radius 1 is 1.14 bits per heavy atom. The average molecular weight is 435 g/mol. The summed E-state index contributed by atoms with van der Waals surface area (Å²) in [6, 6.07) is 10.7. The first-order valence-corrected chi connectivity index (χ1v) is 7.97. The van der Waals surface area contributed by atoms with Crippen molar-refractivity contribution in [1.29, 1.82) is 0 Å². The summed E-state index contributed by atoms with van der Waals surface area (Å²) in [5, 5.41) is 0.374. The molecule has 0 spiro atoms. The molecule has 0 unspecified atom stereocenters. The molecule has 110 valence electrons. The second-order valence-electron chi connectivity index (χ2n) is 4.25. The molecule has 0 bridgehead atoms. The Bertz CT molecular complexity index is 633. The summed E-state index contributed by atoms with van der Waals surface area (Å²) in [7, 11) is 0. The maximum absolute atomic E-state index is 11.8. The van der Waals surface area contributed by atoms with Crippen LogP contribution in [0.2, 0.25) is 5.02 Å². The fourth-order valence-electron chi connectivity index (χ4n) is 1.63. The van der Waals surface area contributed by atoms with E-state index in [1.54, 1.807) is 18.2 Å².